The monoisotopic (exact) mass is 256 g/mol. The zero-order valence-corrected chi connectivity index (χ0v) is 11.9. The van der Waals surface area contributed by atoms with Gasteiger partial charge in [-0.25, -0.2) is 0 Å². The van der Waals surface area contributed by atoms with E-state index in [1.54, 1.807) is 0 Å². The highest BCUT2D eigenvalue weighted by atomic mass is 16.3. The summed E-state index contributed by atoms with van der Waals surface area (Å²) in [6.45, 7) is 7.99. The number of hydrogen-bond acceptors (Lipinski definition) is 2. The predicted octanol–water partition coefficient (Wildman–Crippen LogP) is 4.16. The van der Waals surface area contributed by atoms with Gasteiger partial charge >= 0.3 is 0 Å². The zero-order valence-electron chi connectivity index (χ0n) is 11.9. The lowest BCUT2D eigenvalue weighted by Crippen LogP contribution is -2.10. The minimum atomic E-state index is -0.235. The van der Waals surface area contributed by atoms with Crippen molar-refractivity contribution in [2.24, 2.45) is 5.41 Å². The molecule has 0 saturated carbocycles. The lowest BCUT2D eigenvalue weighted by Gasteiger charge is -2.19. The first-order valence-electron chi connectivity index (χ1n) is 6.53. The minimum Gasteiger partial charge on any atom is -0.504 e. The van der Waals surface area contributed by atoms with Gasteiger partial charge < -0.3 is 5.11 Å². The lowest BCUT2D eigenvalue weighted by molar-refractivity contribution is -0.114. The van der Waals surface area contributed by atoms with Gasteiger partial charge in [0.2, 0.25) is 5.78 Å². The Bertz CT molecular complexity index is 557. The first-order valence-corrected chi connectivity index (χ1v) is 6.53. The highest BCUT2D eigenvalue weighted by Crippen LogP contribution is 2.41. The van der Waals surface area contributed by atoms with Crippen LogP contribution >= 0.6 is 0 Å². The fourth-order valence-electron chi connectivity index (χ4n) is 2.51. The fourth-order valence-corrected chi connectivity index (χ4v) is 2.51. The van der Waals surface area contributed by atoms with E-state index >= 15 is 0 Å². The Labute approximate surface area is 114 Å². The molecule has 19 heavy (non-hydrogen) atoms. The van der Waals surface area contributed by atoms with Gasteiger partial charge in [0.1, 0.15) is 0 Å². The van der Waals surface area contributed by atoms with Gasteiger partial charge in [-0.15, -0.1) is 0 Å². The summed E-state index contributed by atoms with van der Waals surface area (Å²) >= 11 is 0. The molecule has 2 rings (SSSR count). The van der Waals surface area contributed by atoms with Gasteiger partial charge in [-0.3, -0.25) is 4.79 Å². The van der Waals surface area contributed by atoms with Crippen molar-refractivity contribution in [3.8, 4) is 0 Å². The van der Waals surface area contributed by atoms with E-state index < -0.39 is 0 Å². The molecule has 2 heteroatoms. The molecular weight excluding hydrogens is 236 g/mol. The maximum absolute atomic E-state index is 12.2. The summed E-state index contributed by atoms with van der Waals surface area (Å²) in [7, 11) is 0. The van der Waals surface area contributed by atoms with Gasteiger partial charge in [0.05, 0.1) is 0 Å². The quantitative estimate of drug-likeness (QED) is 0.766. The number of rotatable bonds is 1. The van der Waals surface area contributed by atoms with Gasteiger partial charge in [0, 0.05) is 11.5 Å². The Morgan fingerprint density at radius 3 is 2.26 bits per heavy atom. The Hall–Kier alpha value is -1.83. The van der Waals surface area contributed by atoms with Crippen molar-refractivity contribution in [3.05, 3.63) is 58.9 Å². The van der Waals surface area contributed by atoms with Crippen molar-refractivity contribution < 1.29 is 9.90 Å². The van der Waals surface area contributed by atoms with Crippen molar-refractivity contribution in [2.75, 3.05) is 0 Å². The number of aliphatic hydroxyl groups is 1. The molecule has 0 amide bonds. The summed E-state index contributed by atoms with van der Waals surface area (Å²) in [6, 6.07) is 9.85. The Kier molecular flexibility index (Phi) is 3.36. The third-order valence-electron chi connectivity index (χ3n) is 3.32. The molecule has 0 aromatic heterocycles. The second kappa shape index (κ2) is 4.69. The van der Waals surface area contributed by atoms with Crippen LogP contribution in [0.5, 0.6) is 0 Å². The summed E-state index contributed by atoms with van der Waals surface area (Å²) < 4.78 is 0. The summed E-state index contributed by atoms with van der Waals surface area (Å²) in [5.41, 5.74) is 2.39. The normalized spacial score (nSPS) is 22.4. The van der Waals surface area contributed by atoms with Gasteiger partial charge in [-0.05, 0) is 23.5 Å². The lowest BCUT2D eigenvalue weighted by atomic mass is 9.84. The molecule has 0 saturated heterocycles. The van der Waals surface area contributed by atoms with Crippen LogP contribution in [0.25, 0.3) is 0 Å². The molecule has 1 aromatic rings. The number of carbonyl (C=O) groups is 1. The summed E-state index contributed by atoms with van der Waals surface area (Å²) in [4.78, 5) is 12.2. The van der Waals surface area contributed by atoms with Crippen LogP contribution < -0.4 is 0 Å². The molecule has 0 fully saturated rings. The van der Waals surface area contributed by atoms with Gasteiger partial charge in [-0.1, -0.05) is 57.2 Å². The standard InChI is InChI=1S/C17H20O2/c1-11-14(12-8-6-5-7-9-12)13(10-17(2,3)4)16(19)15(11)18/h5-10,14,18H,1-4H3/b13-10+/t14-/m0/s1. The molecule has 100 valence electrons. The molecule has 1 aliphatic rings. The van der Waals surface area contributed by atoms with Crippen molar-refractivity contribution in [3.63, 3.8) is 0 Å². The van der Waals surface area contributed by atoms with E-state index in [0.29, 0.717) is 5.57 Å². The molecule has 0 heterocycles. The van der Waals surface area contributed by atoms with Gasteiger partial charge in [-0.2, -0.15) is 0 Å². The molecule has 1 aliphatic carbocycles. The predicted molar refractivity (Wildman–Crippen MR) is 77.1 cm³/mol. The van der Waals surface area contributed by atoms with E-state index in [2.05, 4.69) is 20.8 Å². The molecular formula is C17H20O2. The number of ketones is 1. The minimum absolute atomic E-state index is 0.0932. The Morgan fingerprint density at radius 1 is 1.16 bits per heavy atom. The van der Waals surface area contributed by atoms with E-state index in [4.69, 9.17) is 0 Å². The van der Waals surface area contributed by atoms with Crippen LogP contribution in [0.3, 0.4) is 0 Å². The van der Waals surface area contributed by atoms with E-state index in [1.807, 2.05) is 43.3 Å². The molecule has 0 radical (unpaired) electrons. The first kappa shape index (κ1) is 13.6. The first-order chi connectivity index (χ1) is 8.81. The fraction of sp³-hybridized carbons (Fsp3) is 0.353. The number of benzene rings is 1. The van der Waals surface area contributed by atoms with Crippen molar-refractivity contribution >= 4 is 5.78 Å². The number of Topliss-reactive ketones (excluding diaryl/α,β-unsaturated/α-hetero) is 1. The average molecular weight is 256 g/mol. The molecule has 0 aliphatic heterocycles. The van der Waals surface area contributed by atoms with Crippen LogP contribution in [0.15, 0.2) is 53.3 Å². The van der Waals surface area contributed by atoms with Crippen LogP contribution in [-0.2, 0) is 4.79 Å². The molecule has 1 N–H and O–H groups in total. The van der Waals surface area contributed by atoms with Crippen LogP contribution in [0.1, 0.15) is 39.2 Å². The Balaban J connectivity index is 2.55. The number of carbonyl (C=O) groups excluding carboxylic acids is 1. The van der Waals surface area contributed by atoms with Crippen molar-refractivity contribution in [2.45, 2.75) is 33.6 Å². The average Bonchev–Trinajstić information content (AvgIpc) is 2.54. The molecule has 2 nitrogen and oxygen atoms in total. The third-order valence-corrected chi connectivity index (χ3v) is 3.32. The number of allylic oxidation sites excluding steroid dienone is 3. The maximum atomic E-state index is 12.2. The van der Waals surface area contributed by atoms with Crippen molar-refractivity contribution in [1.29, 1.82) is 0 Å². The topological polar surface area (TPSA) is 37.3 Å². The van der Waals surface area contributed by atoms with Crippen LogP contribution in [0.2, 0.25) is 0 Å². The number of hydrogen-bond donors (Lipinski definition) is 1. The largest absolute Gasteiger partial charge is 0.504 e. The molecule has 0 unspecified atom stereocenters. The zero-order chi connectivity index (χ0) is 14.2. The van der Waals surface area contributed by atoms with Crippen LogP contribution in [0.4, 0.5) is 0 Å². The van der Waals surface area contributed by atoms with E-state index in [0.717, 1.165) is 11.1 Å². The third kappa shape index (κ3) is 2.62. The van der Waals surface area contributed by atoms with Crippen LogP contribution in [0, 0.1) is 5.41 Å². The van der Waals surface area contributed by atoms with Gasteiger partial charge in [0.25, 0.3) is 0 Å². The van der Waals surface area contributed by atoms with E-state index in [-0.39, 0.29) is 22.9 Å². The van der Waals surface area contributed by atoms with Crippen LogP contribution in [-0.4, -0.2) is 10.9 Å². The Morgan fingerprint density at radius 2 is 1.74 bits per heavy atom. The summed E-state index contributed by atoms with van der Waals surface area (Å²) in [5, 5.41) is 9.95. The molecule has 1 atom stereocenters. The summed E-state index contributed by atoms with van der Waals surface area (Å²) in [5.74, 6) is -0.446. The van der Waals surface area contributed by atoms with Gasteiger partial charge in [0.15, 0.2) is 5.76 Å². The van der Waals surface area contributed by atoms with E-state index in [1.165, 1.54) is 0 Å². The summed E-state index contributed by atoms with van der Waals surface area (Å²) in [6.07, 6.45) is 1.97. The highest BCUT2D eigenvalue weighted by Gasteiger charge is 2.36. The van der Waals surface area contributed by atoms with Crippen molar-refractivity contribution in [1.82, 2.24) is 0 Å². The second-order valence-corrected chi connectivity index (χ2v) is 6.17. The number of aliphatic hydroxyl groups excluding tert-OH is 1. The molecule has 0 spiro atoms. The molecule has 0 bridgehead atoms. The second-order valence-electron chi connectivity index (χ2n) is 6.17. The molecule has 1 aromatic carbocycles. The van der Waals surface area contributed by atoms with E-state index in [9.17, 15) is 9.90 Å². The highest BCUT2D eigenvalue weighted by molar-refractivity contribution is 6.11. The SMILES string of the molecule is CC1=C(O)C(=O)/C(=C/C(C)(C)C)[C@@H]1c1ccccc1. The maximum Gasteiger partial charge on any atom is 0.223 e. The smallest absolute Gasteiger partial charge is 0.223 e.